The zero-order chi connectivity index (χ0) is 22.4. The van der Waals surface area contributed by atoms with Crippen LogP contribution >= 0.6 is 11.6 Å². The van der Waals surface area contributed by atoms with Crippen molar-refractivity contribution in [1.82, 2.24) is 9.88 Å². The van der Waals surface area contributed by atoms with E-state index >= 15 is 0 Å². The third-order valence-corrected chi connectivity index (χ3v) is 5.37. The minimum atomic E-state index is -1.52. The molecule has 0 fully saturated rings. The van der Waals surface area contributed by atoms with Gasteiger partial charge in [0.05, 0.1) is 28.8 Å². The maximum atomic E-state index is 14.0. The number of ether oxygens (including phenoxy) is 1. The summed E-state index contributed by atoms with van der Waals surface area (Å²) >= 11 is 5.73. The minimum absolute atomic E-state index is 0.0366. The molecule has 11 heteroatoms. The van der Waals surface area contributed by atoms with Crippen molar-refractivity contribution in [1.29, 1.82) is 0 Å². The molecule has 1 unspecified atom stereocenters. The maximum absolute atomic E-state index is 14.0. The maximum Gasteiger partial charge on any atom is 0.322 e. The van der Waals surface area contributed by atoms with Crippen LogP contribution in [0.2, 0.25) is 5.02 Å². The van der Waals surface area contributed by atoms with Crippen molar-refractivity contribution < 1.29 is 27.8 Å². The predicted octanol–water partition coefficient (Wildman–Crippen LogP) is 3.82. The number of aromatic amines is 1. The molecule has 1 aliphatic heterocycles. The van der Waals surface area contributed by atoms with E-state index in [0.717, 1.165) is 18.2 Å². The van der Waals surface area contributed by atoms with Crippen molar-refractivity contribution in [3.63, 3.8) is 0 Å². The van der Waals surface area contributed by atoms with Crippen molar-refractivity contribution in [2.45, 2.75) is 12.3 Å². The molecule has 2 amide bonds. The topological polar surface area (TPSA) is 94.7 Å². The van der Waals surface area contributed by atoms with Gasteiger partial charge in [-0.1, -0.05) is 11.6 Å². The number of anilines is 1. The Morgan fingerprint density at radius 1 is 1.19 bits per heavy atom. The summed E-state index contributed by atoms with van der Waals surface area (Å²) in [5.74, 6) is -3.05. The van der Waals surface area contributed by atoms with E-state index in [0.29, 0.717) is 0 Å². The molecular weight excluding hydrogens is 439 g/mol. The number of fused-ring (bicyclic) bond motifs is 3. The number of aliphatic hydroxyl groups excluding tert-OH is 1. The molecule has 2 aromatic carbocycles. The lowest BCUT2D eigenvalue weighted by Crippen LogP contribution is -2.40. The van der Waals surface area contributed by atoms with Crippen molar-refractivity contribution >= 4 is 34.1 Å². The van der Waals surface area contributed by atoms with Crippen LogP contribution in [0.5, 0.6) is 0 Å². The smallest absolute Gasteiger partial charge is 0.322 e. The van der Waals surface area contributed by atoms with Gasteiger partial charge < -0.3 is 25.0 Å². The van der Waals surface area contributed by atoms with Crippen molar-refractivity contribution in [2.24, 2.45) is 0 Å². The second-order valence-electron chi connectivity index (χ2n) is 6.96. The Bertz CT molecular complexity index is 1270. The van der Waals surface area contributed by atoms with Gasteiger partial charge in [0.1, 0.15) is 5.82 Å². The number of likely N-dealkylation sites (N-methyl/N-ethyl adjacent to an activating group) is 1. The van der Waals surface area contributed by atoms with Gasteiger partial charge >= 0.3 is 6.03 Å². The molecule has 7 nitrogen and oxygen atoms in total. The first kappa shape index (κ1) is 21.2. The lowest BCUT2D eigenvalue weighted by atomic mass is 9.95. The highest BCUT2D eigenvalue weighted by atomic mass is 35.5. The Labute approximate surface area is 178 Å². The molecule has 0 radical (unpaired) electrons. The molecule has 0 saturated heterocycles. The van der Waals surface area contributed by atoms with Gasteiger partial charge in [0.15, 0.2) is 17.9 Å². The number of carbonyl (C=O) groups excluding carboxylic acids is 1. The van der Waals surface area contributed by atoms with Crippen LogP contribution in [0.25, 0.3) is 10.8 Å². The number of nitrogens with one attached hydrogen (secondary N) is 2. The third-order valence-electron chi connectivity index (χ3n) is 5.08. The molecule has 1 aliphatic rings. The van der Waals surface area contributed by atoms with Crippen LogP contribution in [-0.4, -0.2) is 34.7 Å². The number of aliphatic hydroxyl groups is 1. The number of rotatable bonds is 2. The van der Waals surface area contributed by atoms with Crippen LogP contribution in [0.3, 0.4) is 0 Å². The lowest BCUT2D eigenvalue weighted by Gasteiger charge is -2.35. The fourth-order valence-corrected chi connectivity index (χ4v) is 3.68. The van der Waals surface area contributed by atoms with E-state index in [1.54, 1.807) is 0 Å². The highest BCUT2D eigenvalue weighted by Gasteiger charge is 2.35. The van der Waals surface area contributed by atoms with E-state index < -0.39 is 41.4 Å². The van der Waals surface area contributed by atoms with Crippen molar-refractivity contribution in [3.8, 4) is 0 Å². The van der Waals surface area contributed by atoms with Crippen LogP contribution in [-0.2, 0) is 4.74 Å². The molecule has 4 rings (SSSR count). The lowest BCUT2D eigenvalue weighted by molar-refractivity contribution is -0.129. The Morgan fingerprint density at radius 2 is 1.87 bits per heavy atom. The molecule has 0 bridgehead atoms. The van der Waals surface area contributed by atoms with Crippen molar-refractivity contribution in [3.05, 3.63) is 74.4 Å². The number of urea groups is 1. The number of nitrogens with zero attached hydrogens (tertiary/aromatic N) is 1. The van der Waals surface area contributed by atoms with Gasteiger partial charge in [0.25, 0.3) is 5.56 Å². The van der Waals surface area contributed by atoms with Gasteiger partial charge in [-0.3, -0.25) is 4.79 Å². The van der Waals surface area contributed by atoms with Crippen LogP contribution < -0.4 is 10.9 Å². The second-order valence-corrected chi connectivity index (χ2v) is 7.37. The highest BCUT2D eigenvalue weighted by Crippen LogP contribution is 2.37. The number of aromatic nitrogens is 1. The summed E-state index contributed by atoms with van der Waals surface area (Å²) in [6.07, 6.45) is -1.52. The number of benzene rings is 2. The minimum Gasteiger partial charge on any atom is -0.363 e. The zero-order valence-electron chi connectivity index (χ0n) is 15.9. The standard InChI is InChI=1S/C20H15ClF3N3O4/c1-27(20(30)25-8-2-3-12(22)11(21)4-8)15-7-31-19(29)17-16(15)9-5-13(23)14(24)6-10(9)18(28)26-17/h2-6,15,19,29H,7H2,1H3,(H,25,30)(H,26,28)/t15?,19-/m0/s1. The fourth-order valence-electron chi connectivity index (χ4n) is 3.49. The summed E-state index contributed by atoms with van der Waals surface area (Å²) in [6.45, 7) is -0.192. The Hall–Kier alpha value is -3.08. The van der Waals surface area contributed by atoms with Gasteiger partial charge in [-0.05, 0) is 35.7 Å². The molecule has 31 heavy (non-hydrogen) atoms. The number of pyridine rings is 1. The van der Waals surface area contributed by atoms with E-state index in [1.165, 1.54) is 24.1 Å². The summed E-state index contributed by atoms with van der Waals surface area (Å²) in [5.41, 5.74) is -0.380. The van der Waals surface area contributed by atoms with Crippen LogP contribution in [0.4, 0.5) is 23.7 Å². The summed E-state index contributed by atoms with van der Waals surface area (Å²) in [4.78, 5) is 28.7. The van der Waals surface area contributed by atoms with Gasteiger partial charge in [-0.25, -0.2) is 18.0 Å². The van der Waals surface area contributed by atoms with Crippen molar-refractivity contribution in [2.75, 3.05) is 19.0 Å². The van der Waals surface area contributed by atoms with Crippen LogP contribution in [0.1, 0.15) is 23.6 Å². The second kappa shape index (κ2) is 7.88. The van der Waals surface area contributed by atoms with Gasteiger partial charge in [-0.15, -0.1) is 0 Å². The van der Waals surface area contributed by atoms with E-state index in [-0.39, 0.29) is 39.3 Å². The number of carbonyl (C=O) groups is 1. The third kappa shape index (κ3) is 3.73. The van der Waals surface area contributed by atoms with Gasteiger partial charge in [0, 0.05) is 18.3 Å². The first-order chi connectivity index (χ1) is 14.7. The SMILES string of the molecule is CN(C(=O)Nc1ccc(F)c(Cl)c1)C1CO[C@H](O)c2[nH]c(=O)c3cc(F)c(F)cc3c21. The molecule has 0 aliphatic carbocycles. The van der Waals surface area contributed by atoms with Crippen LogP contribution in [0.15, 0.2) is 35.1 Å². The molecule has 0 spiro atoms. The fraction of sp³-hybridized carbons (Fsp3) is 0.200. The Balaban J connectivity index is 1.77. The molecule has 1 aromatic heterocycles. The molecule has 0 saturated carbocycles. The van der Waals surface area contributed by atoms with Crippen LogP contribution in [0, 0.1) is 17.5 Å². The monoisotopic (exact) mass is 453 g/mol. The highest BCUT2D eigenvalue weighted by molar-refractivity contribution is 6.31. The molecular formula is C20H15ClF3N3O4. The summed E-state index contributed by atoms with van der Waals surface area (Å²) in [5, 5.41) is 12.4. The Kier molecular flexibility index (Phi) is 5.38. The average Bonchev–Trinajstić information content (AvgIpc) is 2.72. The first-order valence-corrected chi connectivity index (χ1v) is 9.38. The zero-order valence-corrected chi connectivity index (χ0v) is 16.6. The molecule has 2 heterocycles. The molecule has 3 N–H and O–H groups in total. The number of amides is 2. The molecule has 2 atom stereocenters. The van der Waals surface area contributed by atoms with E-state index in [2.05, 4.69) is 10.3 Å². The predicted molar refractivity (Wildman–Crippen MR) is 106 cm³/mol. The van der Waals surface area contributed by atoms with Gasteiger partial charge in [0.2, 0.25) is 0 Å². The quantitative estimate of drug-likeness (QED) is 0.549. The Morgan fingerprint density at radius 3 is 2.55 bits per heavy atom. The summed E-state index contributed by atoms with van der Waals surface area (Å²) in [7, 11) is 1.41. The normalized spacial score (nSPS) is 18.0. The number of H-pyrrole nitrogens is 1. The number of halogens is 4. The summed E-state index contributed by atoms with van der Waals surface area (Å²) < 4.78 is 46.3. The molecule has 3 aromatic rings. The molecule has 162 valence electrons. The van der Waals surface area contributed by atoms with E-state index in [4.69, 9.17) is 16.3 Å². The first-order valence-electron chi connectivity index (χ1n) is 9.00. The average molecular weight is 454 g/mol. The largest absolute Gasteiger partial charge is 0.363 e. The van der Waals surface area contributed by atoms with Gasteiger partial charge in [-0.2, -0.15) is 0 Å². The number of hydrogen-bond donors (Lipinski definition) is 3. The number of hydrogen-bond acceptors (Lipinski definition) is 4. The van der Waals surface area contributed by atoms with E-state index in [9.17, 15) is 27.9 Å². The summed E-state index contributed by atoms with van der Waals surface area (Å²) in [6, 6.07) is 3.69. The van der Waals surface area contributed by atoms with E-state index in [1.807, 2.05) is 0 Å².